The largest absolute Gasteiger partial charge is 0.497 e. The molecule has 1 N–H and O–H groups in total. The van der Waals surface area contributed by atoms with Crippen LogP contribution in [-0.4, -0.2) is 25.1 Å². The molecule has 0 bridgehead atoms. The van der Waals surface area contributed by atoms with Crippen LogP contribution in [0.3, 0.4) is 0 Å². The number of rotatable bonds is 5. The second-order valence-corrected chi connectivity index (χ2v) is 4.75. The second-order valence-electron chi connectivity index (χ2n) is 4.75. The number of amides is 1. The smallest absolute Gasteiger partial charge is 0.341 e. The van der Waals surface area contributed by atoms with Gasteiger partial charge >= 0.3 is 5.97 Å². The van der Waals surface area contributed by atoms with E-state index >= 15 is 0 Å². The molecule has 0 aliphatic rings. The van der Waals surface area contributed by atoms with Crippen LogP contribution < -0.4 is 10.1 Å². The normalized spacial score (nSPS) is 11.4. The van der Waals surface area contributed by atoms with Crippen LogP contribution >= 0.6 is 0 Å². The summed E-state index contributed by atoms with van der Waals surface area (Å²) in [5.74, 6) is -1.44. The number of nitrogens with one attached hydrogen (secondary N) is 1. The fourth-order valence-electron chi connectivity index (χ4n) is 1.82. The molecule has 0 saturated carbocycles. The van der Waals surface area contributed by atoms with E-state index in [1.165, 1.54) is 32.2 Å². The van der Waals surface area contributed by atoms with Gasteiger partial charge in [0.25, 0.3) is 5.91 Å². The third-order valence-electron chi connectivity index (χ3n) is 3.10. The standard InChI is InChI=1S/C17H16FNO4/c1-11(23-17(21)14-5-3-4-6-15(14)18)16(20)19-12-7-9-13(22-2)10-8-12/h3-11H,1-2H3,(H,19,20)/t11-/m0/s1. The van der Waals surface area contributed by atoms with Crippen LogP contribution in [0, 0.1) is 5.82 Å². The SMILES string of the molecule is COc1ccc(NC(=O)[C@H](C)OC(=O)c2ccccc2F)cc1. The van der Waals surface area contributed by atoms with Crippen LogP contribution in [0.15, 0.2) is 48.5 Å². The highest BCUT2D eigenvalue weighted by atomic mass is 19.1. The van der Waals surface area contributed by atoms with E-state index in [1.54, 1.807) is 24.3 Å². The molecule has 0 fully saturated rings. The summed E-state index contributed by atoms with van der Waals surface area (Å²) in [5, 5.41) is 2.60. The summed E-state index contributed by atoms with van der Waals surface area (Å²) < 4.78 is 23.5. The number of ether oxygens (including phenoxy) is 2. The Morgan fingerprint density at radius 3 is 2.35 bits per heavy atom. The lowest BCUT2D eigenvalue weighted by atomic mass is 10.2. The first-order valence-corrected chi connectivity index (χ1v) is 6.91. The van der Waals surface area contributed by atoms with Gasteiger partial charge in [-0.05, 0) is 43.3 Å². The summed E-state index contributed by atoms with van der Waals surface area (Å²) >= 11 is 0. The van der Waals surface area contributed by atoms with Gasteiger partial charge in [0.2, 0.25) is 0 Å². The molecule has 0 aliphatic heterocycles. The number of hydrogen-bond acceptors (Lipinski definition) is 4. The summed E-state index contributed by atoms with van der Waals surface area (Å²) in [4.78, 5) is 23.9. The van der Waals surface area contributed by atoms with Crippen molar-refractivity contribution in [3.63, 3.8) is 0 Å². The van der Waals surface area contributed by atoms with E-state index in [9.17, 15) is 14.0 Å². The monoisotopic (exact) mass is 317 g/mol. The summed E-state index contributed by atoms with van der Waals surface area (Å²) in [5.41, 5.74) is 0.321. The Hall–Kier alpha value is -2.89. The summed E-state index contributed by atoms with van der Waals surface area (Å²) in [6.45, 7) is 1.41. The average molecular weight is 317 g/mol. The molecule has 1 amide bonds. The lowest BCUT2D eigenvalue weighted by molar-refractivity contribution is -0.123. The Kier molecular flexibility index (Phi) is 5.30. The number of hydrogen-bond donors (Lipinski definition) is 1. The lowest BCUT2D eigenvalue weighted by Crippen LogP contribution is -2.30. The molecule has 0 radical (unpaired) electrons. The minimum Gasteiger partial charge on any atom is -0.497 e. The van der Waals surface area contributed by atoms with Gasteiger partial charge in [-0.2, -0.15) is 0 Å². The highest BCUT2D eigenvalue weighted by Gasteiger charge is 2.20. The Labute approximate surface area is 133 Å². The molecule has 6 heteroatoms. The first-order valence-electron chi connectivity index (χ1n) is 6.91. The van der Waals surface area contributed by atoms with Crippen LogP contribution in [0.1, 0.15) is 17.3 Å². The van der Waals surface area contributed by atoms with Crippen molar-refractivity contribution in [2.45, 2.75) is 13.0 Å². The number of methoxy groups -OCH3 is 1. The third-order valence-corrected chi connectivity index (χ3v) is 3.10. The van der Waals surface area contributed by atoms with Crippen LogP contribution in [0.4, 0.5) is 10.1 Å². The molecule has 0 spiro atoms. The summed E-state index contributed by atoms with van der Waals surface area (Å²) in [6.07, 6.45) is -1.07. The minimum absolute atomic E-state index is 0.211. The molecule has 0 aromatic heterocycles. The molecule has 23 heavy (non-hydrogen) atoms. The average Bonchev–Trinajstić information content (AvgIpc) is 2.55. The van der Waals surface area contributed by atoms with Crippen molar-refractivity contribution in [3.05, 3.63) is 59.9 Å². The maximum Gasteiger partial charge on any atom is 0.341 e. The number of halogens is 1. The predicted molar refractivity (Wildman–Crippen MR) is 82.9 cm³/mol. The van der Waals surface area contributed by atoms with E-state index in [-0.39, 0.29) is 5.56 Å². The Bertz CT molecular complexity index is 700. The van der Waals surface area contributed by atoms with Gasteiger partial charge in [0.05, 0.1) is 12.7 Å². The van der Waals surface area contributed by atoms with Crippen LogP contribution in [0.5, 0.6) is 5.75 Å². The van der Waals surface area contributed by atoms with Crippen molar-refractivity contribution in [2.75, 3.05) is 12.4 Å². The maximum absolute atomic E-state index is 13.5. The van der Waals surface area contributed by atoms with Crippen LogP contribution in [-0.2, 0) is 9.53 Å². The Balaban J connectivity index is 1.96. The number of anilines is 1. The highest BCUT2D eigenvalue weighted by molar-refractivity contribution is 5.97. The molecule has 2 aromatic carbocycles. The molecular weight excluding hydrogens is 301 g/mol. The van der Waals surface area contributed by atoms with Gasteiger partial charge in [0.15, 0.2) is 6.10 Å². The van der Waals surface area contributed by atoms with Gasteiger partial charge in [-0.3, -0.25) is 4.79 Å². The zero-order chi connectivity index (χ0) is 16.8. The molecule has 0 aliphatic carbocycles. The lowest BCUT2D eigenvalue weighted by Gasteiger charge is -2.14. The first-order chi connectivity index (χ1) is 11.0. The van der Waals surface area contributed by atoms with E-state index in [0.717, 1.165) is 6.07 Å². The van der Waals surface area contributed by atoms with Crippen molar-refractivity contribution in [2.24, 2.45) is 0 Å². The number of esters is 1. The van der Waals surface area contributed by atoms with E-state index in [1.807, 2.05) is 0 Å². The van der Waals surface area contributed by atoms with E-state index in [2.05, 4.69) is 5.32 Å². The topological polar surface area (TPSA) is 64.6 Å². The first kappa shape index (κ1) is 16.5. The third kappa shape index (κ3) is 4.29. The molecule has 0 heterocycles. The van der Waals surface area contributed by atoms with Crippen LogP contribution in [0.2, 0.25) is 0 Å². The maximum atomic E-state index is 13.5. The molecular formula is C17H16FNO4. The number of carbonyl (C=O) groups excluding carboxylic acids is 2. The molecule has 2 aromatic rings. The second kappa shape index (κ2) is 7.40. The van der Waals surface area contributed by atoms with Crippen LogP contribution in [0.25, 0.3) is 0 Å². The highest BCUT2D eigenvalue weighted by Crippen LogP contribution is 2.16. The van der Waals surface area contributed by atoms with E-state index < -0.39 is 23.8 Å². The molecule has 0 saturated heterocycles. The molecule has 120 valence electrons. The van der Waals surface area contributed by atoms with Gasteiger partial charge in [-0.25, -0.2) is 9.18 Å². The van der Waals surface area contributed by atoms with Gasteiger partial charge in [-0.1, -0.05) is 12.1 Å². The van der Waals surface area contributed by atoms with Crippen molar-refractivity contribution >= 4 is 17.6 Å². The molecule has 2 rings (SSSR count). The Morgan fingerprint density at radius 2 is 1.74 bits per heavy atom. The molecule has 5 nitrogen and oxygen atoms in total. The van der Waals surface area contributed by atoms with Gasteiger partial charge in [-0.15, -0.1) is 0 Å². The number of benzene rings is 2. The quantitative estimate of drug-likeness (QED) is 0.861. The van der Waals surface area contributed by atoms with Crippen molar-refractivity contribution in [1.29, 1.82) is 0 Å². The summed E-state index contributed by atoms with van der Waals surface area (Å²) in [6, 6.07) is 12.1. The minimum atomic E-state index is -1.07. The van der Waals surface area contributed by atoms with Gasteiger partial charge in [0, 0.05) is 5.69 Å². The van der Waals surface area contributed by atoms with Gasteiger partial charge in [0.1, 0.15) is 11.6 Å². The zero-order valence-corrected chi connectivity index (χ0v) is 12.7. The zero-order valence-electron chi connectivity index (χ0n) is 12.7. The summed E-state index contributed by atoms with van der Waals surface area (Å²) in [7, 11) is 1.54. The van der Waals surface area contributed by atoms with Gasteiger partial charge < -0.3 is 14.8 Å². The van der Waals surface area contributed by atoms with E-state index in [0.29, 0.717) is 11.4 Å². The van der Waals surface area contributed by atoms with Crippen molar-refractivity contribution in [3.8, 4) is 5.75 Å². The van der Waals surface area contributed by atoms with Crippen molar-refractivity contribution in [1.82, 2.24) is 0 Å². The Morgan fingerprint density at radius 1 is 1.09 bits per heavy atom. The fraction of sp³-hybridized carbons (Fsp3) is 0.176. The van der Waals surface area contributed by atoms with E-state index in [4.69, 9.17) is 9.47 Å². The fourth-order valence-corrected chi connectivity index (χ4v) is 1.82. The number of carbonyl (C=O) groups is 2. The predicted octanol–water partition coefficient (Wildman–Crippen LogP) is 3.02. The molecule has 0 unspecified atom stereocenters. The molecule has 1 atom stereocenters. The van der Waals surface area contributed by atoms with Crippen molar-refractivity contribution < 1.29 is 23.5 Å².